The minimum absolute atomic E-state index is 0.0580. The molecule has 0 aliphatic rings. The lowest BCUT2D eigenvalue weighted by atomic mass is 10.00. The van der Waals surface area contributed by atoms with Crippen LogP contribution in [0.4, 0.5) is 4.39 Å². The standard InChI is InChI=1S/C19H25FN2O6/c1-11(18(25)27-3)9-16(19(26)28-4)22-17(24)15(21-12(2)23)10-13-7-5-6-8-14(13)20/h5-8,11,15-16H,9-10H2,1-4H3,(H,21,23)(H,22,24)/t11-,15+,16+/m1/s1. The molecule has 9 heteroatoms. The summed E-state index contributed by atoms with van der Waals surface area (Å²) in [6, 6.07) is 3.60. The van der Waals surface area contributed by atoms with E-state index in [1.54, 1.807) is 13.0 Å². The zero-order valence-corrected chi connectivity index (χ0v) is 16.3. The molecule has 0 aromatic heterocycles. The Morgan fingerprint density at radius 2 is 1.61 bits per heavy atom. The number of ether oxygens (including phenoxy) is 2. The van der Waals surface area contributed by atoms with E-state index in [-0.39, 0.29) is 18.4 Å². The molecule has 3 atom stereocenters. The van der Waals surface area contributed by atoms with Crippen molar-refractivity contribution in [2.24, 2.45) is 5.92 Å². The number of benzene rings is 1. The smallest absolute Gasteiger partial charge is 0.328 e. The number of halogens is 1. The summed E-state index contributed by atoms with van der Waals surface area (Å²) < 4.78 is 23.2. The van der Waals surface area contributed by atoms with Crippen LogP contribution >= 0.6 is 0 Å². The van der Waals surface area contributed by atoms with Crippen molar-refractivity contribution in [3.8, 4) is 0 Å². The van der Waals surface area contributed by atoms with Crippen molar-refractivity contribution in [3.05, 3.63) is 35.6 Å². The molecular formula is C19H25FN2O6. The van der Waals surface area contributed by atoms with Gasteiger partial charge in [-0.25, -0.2) is 9.18 Å². The molecule has 0 saturated heterocycles. The van der Waals surface area contributed by atoms with Gasteiger partial charge < -0.3 is 20.1 Å². The summed E-state index contributed by atoms with van der Waals surface area (Å²) in [7, 11) is 2.36. The Balaban J connectivity index is 2.97. The topological polar surface area (TPSA) is 111 Å². The number of carbonyl (C=O) groups excluding carboxylic acids is 4. The van der Waals surface area contributed by atoms with Crippen LogP contribution in [0, 0.1) is 11.7 Å². The zero-order valence-electron chi connectivity index (χ0n) is 16.3. The molecule has 0 heterocycles. The zero-order chi connectivity index (χ0) is 21.3. The van der Waals surface area contributed by atoms with Gasteiger partial charge in [-0.1, -0.05) is 25.1 Å². The summed E-state index contributed by atoms with van der Waals surface area (Å²) in [4.78, 5) is 47.8. The van der Waals surface area contributed by atoms with Gasteiger partial charge in [-0.3, -0.25) is 14.4 Å². The van der Waals surface area contributed by atoms with Crippen LogP contribution in [-0.2, 0) is 35.1 Å². The molecule has 0 unspecified atom stereocenters. The molecule has 1 rings (SSSR count). The second-order valence-corrected chi connectivity index (χ2v) is 6.29. The van der Waals surface area contributed by atoms with Crippen LogP contribution in [-0.4, -0.2) is 50.1 Å². The van der Waals surface area contributed by atoms with Crippen molar-refractivity contribution >= 4 is 23.8 Å². The van der Waals surface area contributed by atoms with Crippen LogP contribution in [0.15, 0.2) is 24.3 Å². The SMILES string of the molecule is COC(=O)[C@H](C)C[C@H](NC(=O)[C@H](Cc1ccccc1F)NC(C)=O)C(=O)OC. The first kappa shape index (κ1) is 23.1. The van der Waals surface area contributed by atoms with Crippen molar-refractivity contribution < 1.29 is 33.0 Å². The second-order valence-electron chi connectivity index (χ2n) is 6.29. The van der Waals surface area contributed by atoms with Crippen molar-refractivity contribution in [1.82, 2.24) is 10.6 Å². The Morgan fingerprint density at radius 1 is 1.00 bits per heavy atom. The molecule has 0 radical (unpaired) electrons. The van der Waals surface area contributed by atoms with Gasteiger partial charge >= 0.3 is 11.9 Å². The van der Waals surface area contributed by atoms with E-state index in [1.807, 2.05) is 0 Å². The second kappa shape index (κ2) is 11.0. The first-order valence-corrected chi connectivity index (χ1v) is 8.66. The molecule has 0 fully saturated rings. The summed E-state index contributed by atoms with van der Waals surface area (Å²) in [6.45, 7) is 2.76. The Hall–Kier alpha value is -2.97. The average molecular weight is 396 g/mol. The molecule has 0 saturated carbocycles. The molecule has 0 spiro atoms. The quantitative estimate of drug-likeness (QED) is 0.596. The van der Waals surface area contributed by atoms with Crippen molar-refractivity contribution in [1.29, 1.82) is 0 Å². The van der Waals surface area contributed by atoms with Gasteiger partial charge in [0.1, 0.15) is 17.9 Å². The number of carbonyl (C=O) groups is 4. The van der Waals surface area contributed by atoms with Gasteiger partial charge in [0.2, 0.25) is 11.8 Å². The van der Waals surface area contributed by atoms with E-state index in [2.05, 4.69) is 20.1 Å². The lowest BCUT2D eigenvalue weighted by Gasteiger charge is -2.23. The first-order valence-electron chi connectivity index (χ1n) is 8.66. The Labute approximate surface area is 162 Å². The summed E-state index contributed by atoms with van der Waals surface area (Å²) in [5.41, 5.74) is 0.231. The summed E-state index contributed by atoms with van der Waals surface area (Å²) >= 11 is 0. The van der Waals surface area contributed by atoms with Crippen LogP contribution < -0.4 is 10.6 Å². The molecule has 0 bridgehead atoms. The molecule has 1 aromatic rings. The molecule has 28 heavy (non-hydrogen) atoms. The predicted molar refractivity (Wildman–Crippen MR) is 97.5 cm³/mol. The highest BCUT2D eigenvalue weighted by molar-refractivity contribution is 5.90. The van der Waals surface area contributed by atoms with Crippen LogP contribution in [0.1, 0.15) is 25.8 Å². The highest BCUT2D eigenvalue weighted by atomic mass is 19.1. The molecule has 1 aromatic carbocycles. The Morgan fingerprint density at radius 3 is 2.14 bits per heavy atom. The third-order valence-electron chi connectivity index (χ3n) is 4.07. The third-order valence-corrected chi connectivity index (χ3v) is 4.07. The summed E-state index contributed by atoms with van der Waals surface area (Å²) in [6.07, 6.45) is -0.171. The van der Waals surface area contributed by atoms with E-state index >= 15 is 0 Å². The maximum absolute atomic E-state index is 13.9. The fraction of sp³-hybridized carbons (Fsp3) is 0.474. The van der Waals surface area contributed by atoms with E-state index in [0.717, 1.165) is 7.11 Å². The van der Waals surface area contributed by atoms with Crippen LogP contribution in [0.5, 0.6) is 0 Å². The first-order chi connectivity index (χ1) is 13.2. The number of hydrogen-bond donors (Lipinski definition) is 2. The molecule has 154 valence electrons. The average Bonchev–Trinajstić information content (AvgIpc) is 2.66. The van der Waals surface area contributed by atoms with Gasteiger partial charge in [0.25, 0.3) is 0 Å². The molecule has 2 amide bonds. The number of esters is 2. The Bertz CT molecular complexity index is 724. The minimum atomic E-state index is -1.14. The van der Waals surface area contributed by atoms with Crippen molar-refractivity contribution in [2.75, 3.05) is 14.2 Å². The number of methoxy groups -OCH3 is 2. The summed E-state index contributed by atoms with van der Waals surface area (Å²) in [5.74, 6) is -3.70. The maximum atomic E-state index is 13.9. The van der Waals surface area contributed by atoms with Crippen molar-refractivity contribution in [3.63, 3.8) is 0 Å². The Kier molecular flexibility index (Phi) is 9.07. The molecule has 2 N–H and O–H groups in total. The van der Waals surface area contributed by atoms with Gasteiger partial charge in [0, 0.05) is 13.3 Å². The van der Waals surface area contributed by atoms with Gasteiger partial charge in [-0.15, -0.1) is 0 Å². The highest BCUT2D eigenvalue weighted by Crippen LogP contribution is 2.12. The largest absolute Gasteiger partial charge is 0.469 e. The molecule has 0 aliphatic carbocycles. The fourth-order valence-electron chi connectivity index (χ4n) is 2.62. The summed E-state index contributed by atoms with van der Waals surface area (Å²) in [5, 5.41) is 4.91. The maximum Gasteiger partial charge on any atom is 0.328 e. The van der Waals surface area contributed by atoms with E-state index in [9.17, 15) is 23.6 Å². The number of hydrogen-bond acceptors (Lipinski definition) is 6. The number of amides is 2. The lowest BCUT2D eigenvalue weighted by Crippen LogP contribution is -2.53. The number of nitrogens with one attached hydrogen (secondary N) is 2. The van der Waals surface area contributed by atoms with E-state index < -0.39 is 47.6 Å². The van der Waals surface area contributed by atoms with Gasteiger partial charge in [-0.2, -0.15) is 0 Å². The van der Waals surface area contributed by atoms with E-state index in [4.69, 9.17) is 0 Å². The monoisotopic (exact) mass is 396 g/mol. The predicted octanol–water partition coefficient (Wildman–Crippen LogP) is 0.730. The van der Waals surface area contributed by atoms with Crippen molar-refractivity contribution in [2.45, 2.75) is 38.8 Å². The van der Waals surface area contributed by atoms with Crippen LogP contribution in [0.25, 0.3) is 0 Å². The highest BCUT2D eigenvalue weighted by Gasteiger charge is 2.30. The minimum Gasteiger partial charge on any atom is -0.469 e. The van der Waals surface area contributed by atoms with E-state index in [0.29, 0.717) is 0 Å². The van der Waals surface area contributed by atoms with E-state index in [1.165, 1.54) is 32.2 Å². The number of rotatable bonds is 9. The lowest BCUT2D eigenvalue weighted by molar-refractivity contribution is -0.149. The third kappa shape index (κ3) is 6.98. The van der Waals surface area contributed by atoms with Gasteiger partial charge in [0.05, 0.1) is 20.1 Å². The van der Waals surface area contributed by atoms with Crippen LogP contribution in [0.2, 0.25) is 0 Å². The van der Waals surface area contributed by atoms with Crippen LogP contribution in [0.3, 0.4) is 0 Å². The van der Waals surface area contributed by atoms with Gasteiger partial charge in [-0.05, 0) is 18.1 Å². The van der Waals surface area contributed by atoms with Gasteiger partial charge in [0.15, 0.2) is 0 Å². The molecule has 0 aliphatic heterocycles. The molecular weight excluding hydrogens is 371 g/mol. The normalized spacial score (nSPS) is 13.6. The molecule has 8 nitrogen and oxygen atoms in total. The fourth-order valence-corrected chi connectivity index (χ4v) is 2.62.